The summed E-state index contributed by atoms with van der Waals surface area (Å²) in [5.41, 5.74) is 5.11. The van der Waals surface area contributed by atoms with Gasteiger partial charge in [-0.2, -0.15) is 5.26 Å². The molecule has 3 unspecified atom stereocenters. The van der Waals surface area contributed by atoms with Crippen LogP contribution in [0.2, 0.25) is 0 Å². The molecule has 0 bridgehead atoms. The second-order valence-corrected chi connectivity index (χ2v) is 14.1. The number of hydrogen-bond donors (Lipinski definition) is 0. The molecule has 2 aromatic rings. The van der Waals surface area contributed by atoms with E-state index in [0.717, 1.165) is 58.0 Å². The van der Waals surface area contributed by atoms with Gasteiger partial charge < -0.3 is 9.47 Å². The molecule has 4 nitrogen and oxygen atoms in total. The number of ether oxygens (including phenoxy) is 2. The molecule has 0 N–H and O–H groups in total. The molecule has 0 aromatic heterocycles. The van der Waals surface area contributed by atoms with Crippen LogP contribution in [0.1, 0.15) is 159 Å². The minimum atomic E-state index is -0.326. The van der Waals surface area contributed by atoms with E-state index in [9.17, 15) is 10.1 Å². The van der Waals surface area contributed by atoms with Crippen molar-refractivity contribution in [2.75, 3.05) is 13.2 Å². The molecule has 258 valence electrons. The van der Waals surface area contributed by atoms with E-state index < -0.39 is 0 Å². The van der Waals surface area contributed by atoms with Gasteiger partial charge in [0.25, 0.3) is 0 Å². The van der Waals surface area contributed by atoms with Crippen LogP contribution in [-0.4, -0.2) is 25.3 Å². The Kier molecular flexibility index (Phi) is 17.9. The average Bonchev–Trinajstić information content (AvgIpc) is 3.10. The number of nitriles is 1. The minimum absolute atomic E-state index is 0.110. The summed E-state index contributed by atoms with van der Waals surface area (Å²) >= 11 is 0. The van der Waals surface area contributed by atoms with Gasteiger partial charge in [-0.15, -0.1) is 0 Å². The topological polar surface area (TPSA) is 59.3 Å². The van der Waals surface area contributed by atoms with E-state index in [1.54, 1.807) is 0 Å². The summed E-state index contributed by atoms with van der Waals surface area (Å²) in [4.78, 5) is 11.0. The predicted octanol–water partition coefficient (Wildman–Crippen LogP) is 12.2. The second-order valence-electron chi connectivity index (χ2n) is 14.1. The summed E-state index contributed by atoms with van der Waals surface area (Å²) in [7, 11) is 0. The molecule has 3 atom stereocenters. The largest absolute Gasteiger partial charge is 0.463 e. The zero-order valence-electron chi connectivity index (χ0n) is 29.9. The van der Waals surface area contributed by atoms with Crippen LogP contribution >= 0.6 is 0 Å². The Hall–Kier alpha value is -2.90. The zero-order valence-corrected chi connectivity index (χ0v) is 29.9. The van der Waals surface area contributed by atoms with Crippen molar-refractivity contribution in [3.8, 4) is 17.2 Å². The predicted molar refractivity (Wildman–Crippen MR) is 196 cm³/mol. The van der Waals surface area contributed by atoms with Crippen LogP contribution in [0.4, 0.5) is 0 Å². The summed E-state index contributed by atoms with van der Waals surface area (Å²) in [5, 5.41) is 10.4. The van der Waals surface area contributed by atoms with Crippen molar-refractivity contribution in [2.45, 2.75) is 154 Å². The number of esters is 1. The lowest BCUT2D eigenvalue weighted by Crippen LogP contribution is -2.31. The lowest BCUT2D eigenvalue weighted by molar-refractivity contribution is -0.137. The van der Waals surface area contributed by atoms with E-state index in [1.807, 2.05) is 0 Å². The lowest BCUT2D eigenvalue weighted by atomic mass is 9.66. The maximum Gasteiger partial charge on any atom is 0.330 e. The van der Waals surface area contributed by atoms with Crippen LogP contribution < -0.4 is 0 Å². The average molecular weight is 642 g/mol. The summed E-state index contributed by atoms with van der Waals surface area (Å²) in [5.74, 6) is 0.784. The van der Waals surface area contributed by atoms with Crippen LogP contribution in [0.15, 0.2) is 61.2 Å². The van der Waals surface area contributed by atoms with E-state index in [-0.39, 0.29) is 17.5 Å². The maximum absolute atomic E-state index is 11.0. The van der Waals surface area contributed by atoms with Crippen LogP contribution in [0.3, 0.4) is 0 Å². The third kappa shape index (κ3) is 13.6. The number of unbranched alkanes of at least 4 members (excludes halogenated alkanes) is 8. The van der Waals surface area contributed by atoms with Crippen LogP contribution in [0, 0.1) is 16.7 Å². The fourth-order valence-corrected chi connectivity index (χ4v) is 7.62. The van der Waals surface area contributed by atoms with Gasteiger partial charge in [0.2, 0.25) is 0 Å². The Bertz CT molecular complexity index is 1190. The number of carbonyl (C=O) groups is 1. The zero-order chi connectivity index (χ0) is 33.7. The maximum atomic E-state index is 11.0. The molecule has 0 saturated heterocycles. The third-order valence-electron chi connectivity index (χ3n) is 10.2. The molecule has 0 aliphatic heterocycles. The van der Waals surface area contributed by atoms with Gasteiger partial charge in [-0.1, -0.05) is 133 Å². The normalized spacial score (nSPS) is 18.5. The SMILES string of the molecule is C=CC(=O)OCCCCCCCCCCCOC(C)CC1(C#N)CCCC(c2ccc(-c3ccc(C(CCC)CCC)cc3)cc2)C1. The highest BCUT2D eigenvalue weighted by Crippen LogP contribution is 2.47. The van der Waals surface area contributed by atoms with Crippen molar-refractivity contribution >= 4 is 5.97 Å². The first-order valence-corrected chi connectivity index (χ1v) is 19.0. The third-order valence-corrected chi connectivity index (χ3v) is 10.2. The molecule has 0 amide bonds. The molecule has 2 aromatic carbocycles. The summed E-state index contributed by atoms with van der Waals surface area (Å²) in [6.07, 6.45) is 21.9. The Labute approximate surface area is 287 Å². The van der Waals surface area contributed by atoms with Gasteiger partial charge in [-0.05, 0) is 92.4 Å². The number of carbonyl (C=O) groups excluding carboxylic acids is 1. The van der Waals surface area contributed by atoms with E-state index in [2.05, 4.69) is 82.0 Å². The van der Waals surface area contributed by atoms with Crippen LogP contribution in [0.5, 0.6) is 0 Å². The molecule has 1 aliphatic rings. The van der Waals surface area contributed by atoms with Gasteiger partial charge in [0.1, 0.15) is 0 Å². The molecule has 0 spiro atoms. The molecule has 4 heteroatoms. The highest BCUT2D eigenvalue weighted by molar-refractivity contribution is 5.81. The number of benzene rings is 2. The highest BCUT2D eigenvalue weighted by Gasteiger charge is 2.38. The standard InChI is InChI=1S/C43H63NO3/c1-5-18-36(19-6-2)37-21-23-38(24-22-37)39-25-27-40(28-26-39)41-20-17-29-43(33-41,34-44)32-35(4)46-30-15-13-11-9-8-10-12-14-16-31-47-42(45)7-3/h7,21-28,35-36,41H,3,5-6,8-20,29-33H2,1-2,4H3. The molecular formula is C43H63NO3. The molecule has 1 aliphatic carbocycles. The lowest BCUT2D eigenvalue weighted by Gasteiger charge is -2.37. The molecule has 0 radical (unpaired) electrons. The smallest absolute Gasteiger partial charge is 0.330 e. The quantitative estimate of drug-likeness (QED) is 0.0688. The molecule has 1 fully saturated rings. The van der Waals surface area contributed by atoms with Crippen molar-refractivity contribution in [1.29, 1.82) is 5.26 Å². The first-order chi connectivity index (χ1) is 22.9. The van der Waals surface area contributed by atoms with Gasteiger partial charge in [0, 0.05) is 12.7 Å². The second kappa shape index (κ2) is 21.9. The minimum Gasteiger partial charge on any atom is -0.463 e. The van der Waals surface area contributed by atoms with Gasteiger partial charge in [0.05, 0.1) is 24.2 Å². The van der Waals surface area contributed by atoms with Gasteiger partial charge in [-0.3, -0.25) is 0 Å². The van der Waals surface area contributed by atoms with Gasteiger partial charge >= 0.3 is 5.97 Å². The molecule has 3 rings (SSSR count). The van der Waals surface area contributed by atoms with Crippen LogP contribution in [0.25, 0.3) is 11.1 Å². The number of rotatable bonds is 23. The monoisotopic (exact) mass is 641 g/mol. The fraction of sp³-hybridized carbons (Fsp3) is 0.628. The van der Waals surface area contributed by atoms with E-state index in [1.165, 1.54) is 92.5 Å². The Morgan fingerprint density at radius 2 is 1.45 bits per heavy atom. The molecule has 1 saturated carbocycles. The van der Waals surface area contributed by atoms with E-state index in [0.29, 0.717) is 18.4 Å². The number of nitrogens with zero attached hydrogens (tertiary/aromatic N) is 1. The van der Waals surface area contributed by atoms with Gasteiger partial charge in [-0.25, -0.2) is 4.79 Å². The van der Waals surface area contributed by atoms with Crippen molar-refractivity contribution < 1.29 is 14.3 Å². The van der Waals surface area contributed by atoms with Gasteiger partial charge in [0.15, 0.2) is 0 Å². The molecule has 47 heavy (non-hydrogen) atoms. The van der Waals surface area contributed by atoms with Crippen molar-refractivity contribution in [3.05, 3.63) is 72.3 Å². The Morgan fingerprint density at radius 3 is 2.00 bits per heavy atom. The summed E-state index contributed by atoms with van der Waals surface area (Å²) in [6.45, 7) is 11.4. The first-order valence-electron chi connectivity index (χ1n) is 19.0. The Morgan fingerprint density at radius 1 is 0.894 bits per heavy atom. The highest BCUT2D eigenvalue weighted by atomic mass is 16.5. The fourth-order valence-electron chi connectivity index (χ4n) is 7.62. The molecular weight excluding hydrogens is 578 g/mol. The first kappa shape index (κ1) is 38.5. The van der Waals surface area contributed by atoms with Crippen LogP contribution in [-0.2, 0) is 14.3 Å². The molecule has 0 heterocycles. The summed E-state index contributed by atoms with van der Waals surface area (Å²) in [6, 6.07) is 21.2. The Balaban J connectivity index is 1.36. The van der Waals surface area contributed by atoms with E-state index >= 15 is 0 Å². The summed E-state index contributed by atoms with van der Waals surface area (Å²) < 4.78 is 11.3. The van der Waals surface area contributed by atoms with Crippen molar-refractivity contribution in [1.82, 2.24) is 0 Å². The van der Waals surface area contributed by atoms with E-state index in [4.69, 9.17) is 9.47 Å². The van der Waals surface area contributed by atoms with Crippen molar-refractivity contribution in [3.63, 3.8) is 0 Å². The number of hydrogen-bond acceptors (Lipinski definition) is 4. The van der Waals surface area contributed by atoms with Crippen molar-refractivity contribution in [2.24, 2.45) is 5.41 Å².